The minimum atomic E-state index is -0.390. The number of benzene rings is 2. The standard InChI is InChI=1S/C34H50B2N2O7/c1-23(37-17-25-15-27(11-13-29(25)40-21-37)35-42-31(3,4)32(5,6)43-35)19-39-20-24(2)38-18-26-16-28(12-14-30(26)41-22-38)36-44-33(7,8)34(9,10)45-36/h11-16,23-24H,17-22H2,1-10H3. The Labute approximate surface area is 270 Å². The van der Waals surface area contributed by atoms with E-state index in [-0.39, 0.29) is 48.7 Å². The molecule has 2 atom stereocenters. The largest absolute Gasteiger partial charge is 0.494 e. The van der Waals surface area contributed by atoms with Gasteiger partial charge in [-0.05, 0) is 92.3 Å². The van der Waals surface area contributed by atoms with E-state index in [1.165, 1.54) is 0 Å². The highest BCUT2D eigenvalue weighted by molar-refractivity contribution is 6.62. The molecule has 45 heavy (non-hydrogen) atoms. The van der Waals surface area contributed by atoms with E-state index in [0.29, 0.717) is 26.7 Å². The molecule has 4 aliphatic heterocycles. The lowest BCUT2D eigenvalue weighted by Gasteiger charge is -2.35. The van der Waals surface area contributed by atoms with Crippen molar-refractivity contribution in [1.82, 2.24) is 9.80 Å². The van der Waals surface area contributed by atoms with Crippen molar-refractivity contribution >= 4 is 25.2 Å². The molecule has 0 N–H and O–H groups in total. The average molecular weight is 620 g/mol. The number of ether oxygens (including phenoxy) is 3. The van der Waals surface area contributed by atoms with Gasteiger partial charge in [0.1, 0.15) is 25.0 Å². The number of fused-ring (bicyclic) bond motifs is 2. The third-order valence-electron chi connectivity index (χ3n) is 10.7. The van der Waals surface area contributed by atoms with E-state index >= 15 is 0 Å². The maximum absolute atomic E-state index is 6.28. The fourth-order valence-electron chi connectivity index (χ4n) is 6.00. The number of rotatable bonds is 8. The van der Waals surface area contributed by atoms with E-state index in [4.69, 9.17) is 32.8 Å². The lowest BCUT2D eigenvalue weighted by molar-refractivity contribution is -0.0188. The lowest BCUT2D eigenvalue weighted by atomic mass is 9.78. The summed E-state index contributed by atoms with van der Waals surface area (Å²) in [6, 6.07) is 12.9. The molecule has 2 saturated heterocycles. The maximum atomic E-state index is 6.28. The summed E-state index contributed by atoms with van der Waals surface area (Å²) in [6.07, 6.45) is 0. The average Bonchev–Trinajstić information content (AvgIpc) is 3.35. The van der Waals surface area contributed by atoms with Crippen molar-refractivity contribution in [3.63, 3.8) is 0 Å². The first kappa shape index (κ1) is 32.8. The summed E-state index contributed by atoms with van der Waals surface area (Å²) in [6.45, 7) is 24.9. The minimum absolute atomic E-state index is 0.187. The third-order valence-corrected chi connectivity index (χ3v) is 10.7. The first-order valence-corrected chi connectivity index (χ1v) is 16.3. The molecule has 0 aliphatic carbocycles. The molecule has 2 unspecified atom stereocenters. The third kappa shape index (κ3) is 6.42. The second-order valence-electron chi connectivity index (χ2n) is 15.2. The van der Waals surface area contributed by atoms with Gasteiger partial charge in [-0.15, -0.1) is 0 Å². The zero-order valence-corrected chi connectivity index (χ0v) is 28.8. The molecule has 0 spiro atoms. The highest BCUT2D eigenvalue weighted by Crippen LogP contribution is 2.38. The van der Waals surface area contributed by atoms with E-state index in [1.54, 1.807) is 0 Å². The normalized spacial score (nSPS) is 24.8. The maximum Gasteiger partial charge on any atom is 0.494 e. The Bertz CT molecular complexity index is 1270. The highest BCUT2D eigenvalue weighted by atomic mass is 16.7. The smallest absolute Gasteiger partial charge is 0.478 e. The Morgan fingerprint density at radius 3 is 1.33 bits per heavy atom. The molecule has 0 saturated carbocycles. The molecule has 2 aromatic rings. The minimum Gasteiger partial charge on any atom is -0.478 e. The van der Waals surface area contributed by atoms with Crippen LogP contribution in [0.25, 0.3) is 0 Å². The van der Waals surface area contributed by atoms with Crippen LogP contribution in [0.15, 0.2) is 36.4 Å². The molecule has 2 aromatic carbocycles. The Balaban J connectivity index is 1.00. The molecule has 11 heteroatoms. The van der Waals surface area contributed by atoms with E-state index in [9.17, 15) is 0 Å². The first-order valence-electron chi connectivity index (χ1n) is 16.3. The molecule has 0 aromatic heterocycles. The van der Waals surface area contributed by atoms with Crippen molar-refractivity contribution in [2.24, 2.45) is 0 Å². The zero-order chi connectivity index (χ0) is 32.4. The van der Waals surface area contributed by atoms with Crippen molar-refractivity contribution in [3.05, 3.63) is 47.5 Å². The van der Waals surface area contributed by atoms with Crippen LogP contribution in [0, 0.1) is 0 Å². The van der Waals surface area contributed by atoms with Gasteiger partial charge in [0.25, 0.3) is 0 Å². The molecule has 0 radical (unpaired) electrons. The number of hydrogen-bond donors (Lipinski definition) is 0. The van der Waals surface area contributed by atoms with E-state index in [0.717, 1.165) is 46.6 Å². The summed E-state index contributed by atoms with van der Waals surface area (Å²) in [4.78, 5) is 4.61. The lowest BCUT2D eigenvalue weighted by Crippen LogP contribution is -2.44. The fraction of sp³-hybridized carbons (Fsp3) is 0.647. The molecule has 4 aliphatic rings. The molecule has 0 amide bonds. The van der Waals surface area contributed by atoms with Crippen molar-refractivity contribution in [1.29, 1.82) is 0 Å². The van der Waals surface area contributed by atoms with Gasteiger partial charge < -0.3 is 32.8 Å². The van der Waals surface area contributed by atoms with E-state index in [2.05, 4.69) is 91.2 Å². The summed E-state index contributed by atoms with van der Waals surface area (Å²) >= 11 is 0. The summed E-state index contributed by atoms with van der Waals surface area (Å²) in [5, 5.41) is 0. The molecule has 4 heterocycles. The van der Waals surface area contributed by atoms with Gasteiger partial charge in [0, 0.05) is 36.3 Å². The Hall–Kier alpha value is -2.11. The van der Waals surface area contributed by atoms with Gasteiger partial charge in [-0.1, -0.05) is 24.3 Å². The topological polar surface area (TPSA) is 71.1 Å². The first-order chi connectivity index (χ1) is 21.1. The molecular weight excluding hydrogens is 570 g/mol. The van der Waals surface area contributed by atoms with Crippen molar-refractivity contribution < 1.29 is 32.8 Å². The van der Waals surface area contributed by atoms with E-state index in [1.807, 2.05) is 24.3 Å². The van der Waals surface area contributed by atoms with Gasteiger partial charge in [0.05, 0.1) is 35.6 Å². The van der Waals surface area contributed by atoms with E-state index < -0.39 is 0 Å². The molecular formula is C34H50B2N2O7. The number of nitrogens with zero attached hydrogens (tertiary/aromatic N) is 2. The van der Waals surface area contributed by atoms with Gasteiger partial charge in [-0.3, -0.25) is 9.80 Å². The molecule has 0 bridgehead atoms. The van der Waals surface area contributed by atoms with Crippen LogP contribution >= 0.6 is 0 Å². The van der Waals surface area contributed by atoms with Crippen molar-refractivity contribution in [2.45, 2.75) is 117 Å². The van der Waals surface area contributed by atoms with Gasteiger partial charge in [-0.2, -0.15) is 0 Å². The second kappa shape index (κ2) is 11.8. The summed E-state index contributed by atoms with van der Waals surface area (Å²) < 4.78 is 43.7. The van der Waals surface area contributed by atoms with Crippen molar-refractivity contribution in [2.75, 3.05) is 26.7 Å². The van der Waals surface area contributed by atoms with Gasteiger partial charge >= 0.3 is 14.2 Å². The fourth-order valence-corrected chi connectivity index (χ4v) is 6.00. The molecule has 6 rings (SSSR count). The van der Waals surface area contributed by atoms with Crippen LogP contribution in [0.5, 0.6) is 11.5 Å². The summed E-state index contributed by atoms with van der Waals surface area (Å²) in [5.41, 5.74) is 2.81. The highest BCUT2D eigenvalue weighted by Gasteiger charge is 2.53. The molecule has 9 nitrogen and oxygen atoms in total. The van der Waals surface area contributed by atoms with Crippen molar-refractivity contribution in [3.8, 4) is 11.5 Å². The predicted octanol–water partition coefficient (Wildman–Crippen LogP) is 4.08. The Morgan fingerprint density at radius 1 is 0.622 bits per heavy atom. The van der Waals surface area contributed by atoms with Crippen LogP contribution in [-0.4, -0.2) is 85.2 Å². The second-order valence-corrected chi connectivity index (χ2v) is 15.2. The van der Waals surface area contributed by atoms with Crippen LogP contribution in [-0.2, 0) is 36.4 Å². The monoisotopic (exact) mass is 620 g/mol. The molecule has 244 valence electrons. The zero-order valence-electron chi connectivity index (χ0n) is 28.8. The number of hydrogen-bond acceptors (Lipinski definition) is 9. The van der Waals surface area contributed by atoms with Gasteiger partial charge in [0.2, 0.25) is 0 Å². The van der Waals surface area contributed by atoms with Crippen LogP contribution in [0.1, 0.15) is 80.4 Å². The Morgan fingerprint density at radius 2 is 0.978 bits per heavy atom. The summed E-state index contributed by atoms with van der Waals surface area (Å²) in [7, 11) is -0.780. The quantitative estimate of drug-likeness (QED) is 0.407. The predicted molar refractivity (Wildman–Crippen MR) is 176 cm³/mol. The van der Waals surface area contributed by atoms with Crippen LogP contribution < -0.4 is 20.4 Å². The van der Waals surface area contributed by atoms with Crippen LogP contribution in [0.2, 0.25) is 0 Å². The van der Waals surface area contributed by atoms with Gasteiger partial charge in [0.15, 0.2) is 0 Å². The molecule has 2 fully saturated rings. The Kier molecular flexibility index (Phi) is 8.64. The van der Waals surface area contributed by atoms with Gasteiger partial charge in [-0.25, -0.2) is 0 Å². The SMILES string of the molecule is CC(COCC(C)N1COc2ccc(B3OC(C)(C)C(C)(C)O3)cc2C1)N1COc2ccc(B3OC(C)(C)C(C)(C)O3)cc2C1. The van der Waals surface area contributed by atoms with Crippen LogP contribution in [0.4, 0.5) is 0 Å². The van der Waals surface area contributed by atoms with Crippen LogP contribution in [0.3, 0.4) is 0 Å². The summed E-state index contributed by atoms with van der Waals surface area (Å²) in [5.74, 6) is 1.83.